The fraction of sp³-hybridized carbons (Fsp3) is 0.538. The molecule has 0 spiro atoms. The molecule has 0 unspecified atom stereocenters. The first-order valence-corrected chi connectivity index (χ1v) is 9.18. The molecule has 0 amide bonds. The highest BCUT2D eigenvalue weighted by Gasteiger charge is 2.23. The lowest BCUT2D eigenvalue weighted by Gasteiger charge is -2.25. The summed E-state index contributed by atoms with van der Waals surface area (Å²) in [5.74, 6) is -0.477. The highest BCUT2D eigenvalue weighted by atomic mass is 79.9. The van der Waals surface area contributed by atoms with Crippen LogP contribution in [0.1, 0.15) is 25.7 Å². The normalized spacial score (nSPS) is 23.8. The molecule has 20 heavy (non-hydrogen) atoms. The summed E-state index contributed by atoms with van der Waals surface area (Å²) in [6.07, 6.45) is 3.61. The van der Waals surface area contributed by atoms with Crippen LogP contribution in [0.15, 0.2) is 27.6 Å². The summed E-state index contributed by atoms with van der Waals surface area (Å²) in [5.41, 5.74) is 0. The predicted molar refractivity (Wildman–Crippen MR) is 80.9 cm³/mol. The van der Waals surface area contributed by atoms with E-state index >= 15 is 0 Å². The molecular weight excluding hydrogens is 369 g/mol. The number of sulfonamides is 1. The molecule has 0 atom stereocenters. The van der Waals surface area contributed by atoms with Gasteiger partial charge in [0, 0.05) is 16.4 Å². The first-order chi connectivity index (χ1) is 9.38. The molecule has 0 saturated heterocycles. The number of hydrogen-bond donors (Lipinski definition) is 1. The molecule has 3 nitrogen and oxygen atoms in total. The van der Waals surface area contributed by atoms with Crippen molar-refractivity contribution in [2.45, 2.75) is 36.0 Å². The monoisotopic (exact) mass is 383 g/mol. The van der Waals surface area contributed by atoms with Gasteiger partial charge in [-0.15, -0.1) is 11.6 Å². The molecule has 2 rings (SSSR count). The van der Waals surface area contributed by atoms with Crippen molar-refractivity contribution >= 4 is 37.6 Å². The number of hydrogen-bond acceptors (Lipinski definition) is 2. The summed E-state index contributed by atoms with van der Waals surface area (Å²) in [4.78, 5) is -0.313. The molecule has 0 bridgehead atoms. The number of nitrogens with one attached hydrogen (secondary N) is 1. The van der Waals surface area contributed by atoms with E-state index in [0.29, 0.717) is 11.0 Å². The molecule has 1 aromatic carbocycles. The molecule has 0 aliphatic heterocycles. The average molecular weight is 385 g/mol. The van der Waals surface area contributed by atoms with Crippen LogP contribution in [0.2, 0.25) is 0 Å². The van der Waals surface area contributed by atoms with Crippen molar-refractivity contribution in [3.05, 3.63) is 28.5 Å². The second-order valence-corrected chi connectivity index (χ2v) is 8.31. The smallest absolute Gasteiger partial charge is 0.211 e. The molecule has 7 heteroatoms. The molecule has 1 saturated carbocycles. The Balaban J connectivity index is 2.00. The van der Waals surface area contributed by atoms with Crippen molar-refractivity contribution in [1.29, 1.82) is 0 Å². The standard InChI is InChI=1S/C13H16BrClFNO2S/c14-10-3-6-13(12(16)7-10)20(18,19)17-8-9-1-4-11(15)5-2-9/h3,6-7,9,11,17H,1-2,4-5,8H2. The van der Waals surface area contributed by atoms with E-state index in [-0.39, 0.29) is 16.2 Å². The number of alkyl halides is 1. The van der Waals surface area contributed by atoms with E-state index in [1.54, 1.807) is 0 Å². The van der Waals surface area contributed by atoms with Gasteiger partial charge in [-0.05, 0) is 49.8 Å². The fourth-order valence-electron chi connectivity index (χ4n) is 2.32. The molecule has 0 heterocycles. The maximum absolute atomic E-state index is 13.7. The molecule has 1 N–H and O–H groups in total. The van der Waals surface area contributed by atoms with Crippen LogP contribution >= 0.6 is 27.5 Å². The SMILES string of the molecule is O=S(=O)(NCC1CCC(Cl)CC1)c1ccc(Br)cc1F. The number of benzene rings is 1. The lowest BCUT2D eigenvalue weighted by atomic mass is 9.89. The zero-order valence-corrected chi connectivity index (χ0v) is 13.9. The fourth-order valence-corrected chi connectivity index (χ4v) is 4.08. The number of halogens is 3. The van der Waals surface area contributed by atoms with E-state index in [2.05, 4.69) is 20.7 Å². The lowest BCUT2D eigenvalue weighted by molar-refractivity contribution is 0.361. The van der Waals surface area contributed by atoms with Crippen molar-refractivity contribution in [2.24, 2.45) is 5.92 Å². The number of rotatable bonds is 4. The quantitative estimate of drug-likeness (QED) is 0.805. The zero-order chi connectivity index (χ0) is 14.8. The Bertz CT molecular complexity index is 574. The van der Waals surface area contributed by atoms with Crippen molar-refractivity contribution in [1.82, 2.24) is 4.72 Å². The minimum atomic E-state index is -3.80. The summed E-state index contributed by atoms with van der Waals surface area (Å²) >= 11 is 9.11. The van der Waals surface area contributed by atoms with E-state index in [4.69, 9.17) is 11.6 Å². The van der Waals surface area contributed by atoms with Gasteiger partial charge in [-0.3, -0.25) is 0 Å². The lowest BCUT2D eigenvalue weighted by Crippen LogP contribution is -2.32. The summed E-state index contributed by atoms with van der Waals surface area (Å²) in [6.45, 7) is 0.335. The molecular formula is C13H16BrClFNO2S. The van der Waals surface area contributed by atoms with Crippen molar-refractivity contribution in [2.75, 3.05) is 6.54 Å². The van der Waals surface area contributed by atoms with Gasteiger partial charge in [-0.1, -0.05) is 15.9 Å². The van der Waals surface area contributed by atoms with Gasteiger partial charge >= 0.3 is 0 Å². The second kappa shape index (κ2) is 6.73. The van der Waals surface area contributed by atoms with Gasteiger partial charge in [0.25, 0.3) is 0 Å². The summed E-state index contributed by atoms with van der Waals surface area (Å²) in [5, 5.41) is 0.201. The molecule has 1 aromatic rings. The van der Waals surface area contributed by atoms with E-state index in [1.165, 1.54) is 12.1 Å². The van der Waals surface area contributed by atoms with E-state index in [1.807, 2.05) is 0 Å². The van der Waals surface area contributed by atoms with Crippen LogP contribution in [0.3, 0.4) is 0 Å². The Kier molecular flexibility index (Phi) is 5.45. The van der Waals surface area contributed by atoms with Crippen LogP contribution < -0.4 is 4.72 Å². The summed E-state index contributed by atoms with van der Waals surface area (Å²) < 4.78 is 40.9. The highest BCUT2D eigenvalue weighted by molar-refractivity contribution is 9.10. The Morgan fingerprint density at radius 1 is 1.30 bits per heavy atom. The first kappa shape index (κ1) is 16.2. The average Bonchev–Trinajstić information content (AvgIpc) is 2.37. The molecule has 1 aliphatic carbocycles. The Morgan fingerprint density at radius 2 is 1.95 bits per heavy atom. The molecule has 0 aromatic heterocycles. The van der Waals surface area contributed by atoms with E-state index < -0.39 is 15.8 Å². The van der Waals surface area contributed by atoms with Crippen LogP contribution in [-0.4, -0.2) is 20.3 Å². The van der Waals surface area contributed by atoms with Crippen LogP contribution in [0.4, 0.5) is 4.39 Å². The minimum absolute atomic E-state index is 0.201. The molecule has 1 aliphatic rings. The van der Waals surface area contributed by atoms with Crippen molar-refractivity contribution in [3.63, 3.8) is 0 Å². The highest BCUT2D eigenvalue weighted by Crippen LogP contribution is 2.27. The van der Waals surface area contributed by atoms with Gasteiger partial charge in [0.2, 0.25) is 10.0 Å². The van der Waals surface area contributed by atoms with Gasteiger partial charge in [-0.25, -0.2) is 17.5 Å². The largest absolute Gasteiger partial charge is 0.243 e. The second-order valence-electron chi connectivity index (χ2n) is 5.04. The van der Waals surface area contributed by atoms with Crippen LogP contribution in [0, 0.1) is 11.7 Å². The molecule has 112 valence electrons. The Morgan fingerprint density at radius 3 is 2.55 bits per heavy atom. The van der Waals surface area contributed by atoms with Crippen LogP contribution in [0.25, 0.3) is 0 Å². The third-order valence-electron chi connectivity index (χ3n) is 3.52. The maximum Gasteiger partial charge on any atom is 0.243 e. The maximum atomic E-state index is 13.7. The van der Waals surface area contributed by atoms with E-state index in [0.717, 1.165) is 31.7 Å². The van der Waals surface area contributed by atoms with Gasteiger partial charge in [-0.2, -0.15) is 0 Å². The third-order valence-corrected chi connectivity index (χ3v) is 5.91. The predicted octanol–water partition coefficient (Wildman–Crippen LogP) is 3.66. The Hall–Kier alpha value is -0.170. The summed E-state index contributed by atoms with van der Waals surface area (Å²) in [6, 6.07) is 3.92. The van der Waals surface area contributed by atoms with Gasteiger partial charge in [0.1, 0.15) is 10.7 Å². The third kappa shape index (κ3) is 4.16. The van der Waals surface area contributed by atoms with Gasteiger partial charge < -0.3 is 0 Å². The van der Waals surface area contributed by atoms with E-state index in [9.17, 15) is 12.8 Å². The molecule has 0 radical (unpaired) electrons. The topological polar surface area (TPSA) is 46.2 Å². The Labute approximate surface area is 132 Å². The van der Waals surface area contributed by atoms with Crippen LogP contribution in [-0.2, 0) is 10.0 Å². The van der Waals surface area contributed by atoms with Crippen molar-refractivity contribution in [3.8, 4) is 0 Å². The zero-order valence-electron chi connectivity index (χ0n) is 10.8. The van der Waals surface area contributed by atoms with Crippen LogP contribution in [0.5, 0.6) is 0 Å². The minimum Gasteiger partial charge on any atom is -0.211 e. The summed E-state index contributed by atoms with van der Waals surface area (Å²) in [7, 11) is -3.80. The van der Waals surface area contributed by atoms with Gasteiger partial charge in [0.05, 0.1) is 0 Å². The first-order valence-electron chi connectivity index (χ1n) is 6.47. The van der Waals surface area contributed by atoms with Crippen molar-refractivity contribution < 1.29 is 12.8 Å². The van der Waals surface area contributed by atoms with Gasteiger partial charge in [0.15, 0.2) is 0 Å². The molecule has 1 fully saturated rings.